The number of benzene rings is 2. The first kappa shape index (κ1) is 15.5. The van der Waals surface area contributed by atoms with E-state index in [1.807, 2.05) is 31.2 Å². The largest absolute Gasteiger partial charge is 0.351 e. The van der Waals surface area contributed by atoms with Crippen LogP contribution in [0.1, 0.15) is 11.1 Å². The molecule has 2 aromatic rings. The third kappa shape index (κ3) is 4.86. The lowest BCUT2D eigenvalue weighted by Gasteiger charge is -2.06. The second-order valence-corrected chi connectivity index (χ2v) is 5.64. The highest BCUT2D eigenvalue weighted by Gasteiger charge is 2.08. The van der Waals surface area contributed by atoms with Crippen LogP contribution < -0.4 is 5.32 Å². The molecule has 0 radical (unpaired) electrons. The van der Waals surface area contributed by atoms with Crippen LogP contribution >= 0.6 is 11.8 Å². The van der Waals surface area contributed by atoms with Crippen LogP contribution in [0, 0.1) is 18.6 Å². The van der Waals surface area contributed by atoms with Gasteiger partial charge in [0.1, 0.15) is 11.6 Å². The van der Waals surface area contributed by atoms with Crippen LogP contribution in [0.3, 0.4) is 0 Å². The van der Waals surface area contributed by atoms with E-state index in [2.05, 4.69) is 5.32 Å². The summed E-state index contributed by atoms with van der Waals surface area (Å²) < 4.78 is 26.4. The van der Waals surface area contributed by atoms with Gasteiger partial charge in [-0.1, -0.05) is 29.8 Å². The molecule has 1 N–H and O–H groups in total. The summed E-state index contributed by atoms with van der Waals surface area (Å²) in [6, 6.07) is 11.0. The van der Waals surface area contributed by atoms with Crippen molar-refractivity contribution in [3.05, 3.63) is 65.2 Å². The average molecular weight is 307 g/mol. The first-order valence-electron chi connectivity index (χ1n) is 6.44. The molecule has 0 aliphatic carbocycles. The summed E-state index contributed by atoms with van der Waals surface area (Å²) in [6.45, 7) is 2.41. The third-order valence-electron chi connectivity index (χ3n) is 2.86. The molecule has 21 heavy (non-hydrogen) atoms. The zero-order valence-electron chi connectivity index (χ0n) is 11.5. The van der Waals surface area contributed by atoms with E-state index < -0.39 is 11.6 Å². The van der Waals surface area contributed by atoms with Gasteiger partial charge >= 0.3 is 0 Å². The van der Waals surface area contributed by atoms with Gasteiger partial charge in [0.2, 0.25) is 5.91 Å². The summed E-state index contributed by atoms with van der Waals surface area (Å²) in [5.74, 6) is -1.21. The van der Waals surface area contributed by atoms with Crippen molar-refractivity contribution >= 4 is 17.7 Å². The molecule has 0 unspecified atom stereocenters. The maximum absolute atomic E-state index is 13.4. The van der Waals surface area contributed by atoms with Crippen molar-refractivity contribution in [1.82, 2.24) is 5.32 Å². The van der Waals surface area contributed by atoms with Gasteiger partial charge in [0.25, 0.3) is 0 Å². The maximum Gasteiger partial charge on any atom is 0.230 e. The Morgan fingerprint density at radius 2 is 1.86 bits per heavy atom. The van der Waals surface area contributed by atoms with Crippen molar-refractivity contribution < 1.29 is 13.6 Å². The van der Waals surface area contributed by atoms with Gasteiger partial charge in [-0.15, -0.1) is 11.8 Å². The number of amides is 1. The van der Waals surface area contributed by atoms with Gasteiger partial charge in [-0.3, -0.25) is 4.79 Å². The molecule has 0 saturated heterocycles. The van der Waals surface area contributed by atoms with Crippen molar-refractivity contribution in [3.63, 3.8) is 0 Å². The van der Waals surface area contributed by atoms with Gasteiger partial charge in [0.15, 0.2) is 0 Å². The van der Waals surface area contributed by atoms with E-state index in [0.29, 0.717) is 6.54 Å². The van der Waals surface area contributed by atoms with Crippen molar-refractivity contribution in [2.75, 3.05) is 5.75 Å². The topological polar surface area (TPSA) is 29.1 Å². The fourth-order valence-corrected chi connectivity index (χ4v) is 2.48. The second kappa shape index (κ2) is 7.22. The SMILES string of the molecule is Cc1ccc(CNC(=O)CSc2cc(F)ccc2F)cc1. The molecule has 0 atom stereocenters. The van der Waals surface area contributed by atoms with Gasteiger partial charge in [-0.25, -0.2) is 8.78 Å². The minimum atomic E-state index is -0.521. The van der Waals surface area contributed by atoms with E-state index in [1.165, 1.54) is 0 Å². The summed E-state index contributed by atoms with van der Waals surface area (Å²) >= 11 is 0.980. The van der Waals surface area contributed by atoms with Gasteiger partial charge in [-0.2, -0.15) is 0 Å². The van der Waals surface area contributed by atoms with Crippen LogP contribution in [0.25, 0.3) is 0 Å². The quantitative estimate of drug-likeness (QED) is 0.854. The Labute approximate surface area is 126 Å². The predicted octanol–water partition coefficient (Wildman–Crippen LogP) is 3.68. The zero-order valence-corrected chi connectivity index (χ0v) is 12.3. The molecule has 0 aliphatic rings. The molecule has 0 aliphatic heterocycles. The molecule has 110 valence electrons. The van der Waals surface area contributed by atoms with Crippen LogP contribution in [0.5, 0.6) is 0 Å². The molecule has 0 bridgehead atoms. The van der Waals surface area contributed by atoms with E-state index in [0.717, 1.165) is 41.1 Å². The van der Waals surface area contributed by atoms with E-state index in [1.54, 1.807) is 0 Å². The molecule has 0 saturated carbocycles. The average Bonchev–Trinajstić information content (AvgIpc) is 2.47. The van der Waals surface area contributed by atoms with Crippen molar-refractivity contribution in [1.29, 1.82) is 0 Å². The van der Waals surface area contributed by atoms with E-state index >= 15 is 0 Å². The number of halogens is 2. The van der Waals surface area contributed by atoms with Crippen LogP contribution in [0.15, 0.2) is 47.4 Å². The van der Waals surface area contributed by atoms with Gasteiger partial charge in [0.05, 0.1) is 5.75 Å². The summed E-state index contributed by atoms with van der Waals surface area (Å²) in [7, 11) is 0. The highest BCUT2D eigenvalue weighted by atomic mass is 32.2. The first-order chi connectivity index (χ1) is 10.0. The third-order valence-corrected chi connectivity index (χ3v) is 3.89. The standard InChI is InChI=1S/C16H15F2NOS/c1-11-2-4-12(5-3-11)9-19-16(20)10-21-15-8-13(17)6-7-14(15)18/h2-8H,9-10H2,1H3,(H,19,20). The van der Waals surface area contributed by atoms with Crippen molar-refractivity contribution in [3.8, 4) is 0 Å². The minimum absolute atomic E-state index is 0.0479. The Morgan fingerprint density at radius 3 is 2.57 bits per heavy atom. The Bertz CT molecular complexity index is 629. The number of carbonyl (C=O) groups is 1. The molecule has 1 amide bonds. The van der Waals surface area contributed by atoms with Crippen LogP contribution in [0.2, 0.25) is 0 Å². The minimum Gasteiger partial charge on any atom is -0.351 e. The van der Waals surface area contributed by atoms with E-state index in [4.69, 9.17) is 0 Å². The molecule has 2 nitrogen and oxygen atoms in total. The molecule has 0 spiro atoms. The van der Waals surface area contributed by atoms with Gasteiger partial charge < -0.3 is 5.32 Å². The molecular weight excluding hydrogens is 292 g/mol. The summed E-state index contributed by atoms with van der Waals surface area (Å²) in [4.78, 5) is 11.8. The molecule has 5 heteroatoms. The molecule has 0 heterocycles. The molecule has 0 aromatic heterocycles. The van der Waals surface area contributed by atoms with E-state index in [9.17, 15) is 13.6 Å². The molecule has 2 aromatic carbocycles. The highest BCUT2D eigenvalue weighted by Crippen LogP contribution is 2.22. The number of hydrogen-bond donors (Lipinski definition) is 1. The van der Waals surface area contributed by atoms with Crippen molar-refractivity contribution in [2.45, 2.75) is 18.4 Å². The Hall–Kier alpha value is -1.88. The lowest BCUT2D eigenvalue weighted by molar-refractivity contribution is -0.118. The number of thioether (sulfide) groups is 1. The van der Waals surface area contributed by atoms with E-state index in [-0.39, 0.29) is 16.6 Å². The van der Waals surface area contributed by atoms with Gasteiger partial charge in [0, 0.05) is 11.4 Å². The fraction of sp³-hybridized carbons (Fsp3) is 0.188. The highest BCUT2D eigenvalue weighted by molar-refractivity contribution is 8.00. The lowest BCUT2D eigenvalue weighted by atomic mass is 10.1. The van der Waals surface area contributed by atoms with Crippen molar-refractivity contribution in [2.24, 2.45) is 0 Å². The number of nitrogens with one attached hydrogen (secondary N) is 1. The monoisotopic (exact) mass is 307 g/mol. The number of aryl methyl sites for hydroxylation is 1. The van der Waals surface area contributed by atoms with Crippen LogP contribution in [-0.2, 0) is 11.3 Å². The maximum atomic E-state index is 13.4. The Kier molecular flexibility index (Phi) is 5.33. The first-order valence-corrected chi connectivity index (χ1v) is 7.43. The van der Waals surface area contributed by atoms with Crippen LogP contribution in [0.4, 0.5) is 8.78 Å². The van der Waals surface area contributed by atoms with Crippen LogP contribution in [-0.4, -0.2) is 11.7 Å². The van der Waals surface area contributed by atoms with Gasteiger partial charge in [-0.05, 0) is 30.7 Å². The molecule has 0 fully saturated rings. The molecular formula is C16H15F2NOS. The molecule has 2 rings (SSSR count). The Morgan fingerprint density at radius 1 is 1.14 bits per heavy atom. The normalized spacial score (nSPS) is 10.4. The number of hydrogen-bond acceptors (Lipinski definition) is 2. The smallest absolute Gasteiger partial charge is 0.230 e. The summed E-state index contributed by atoms with van der Waals surface area (Å²) in [5.41, 5.74) is 2.15. The zero-order chi connectivity index (χ0) is 15.2. The second-order valence-electron chi connectivity index (χ2n) is 4.63. The summed E-state index contributed by atoms with van der Waals surface area (Å²) in [5, 5.41) is 2.75. The fourth-order valence-electron chi connectivity index (χ4n) is 1.69. The lowest BCUT2D eigenvalue weighted by Crippen LogP contribution is -2.24. The summed E-state index contributed by atoms with van der Waals surface area (Å²) in [6.07, 6.45) is 0. The number of carbonyl (C=O) groups excluding carboxylic acids is 1. The Balaban J connectivity index is 1.82. The predicted molar refractivity (Wildman–Crippen MR) is 80.1 cm³/mol. The number of rotatable bonds is 5.